The van der Waals surface area contributed by atoms with Crippen molar-refractivity contribution in [2.45, 2.75) is 32.7 Å². The van der Waals surface area contributed by atoms with Crippen molar-refractivity contribution in [2.24, 2.45) is 0 Å². The van der Waals surface area contributed by atoms with Crippen molar-refractivity contribution >= 4 is 0 Å². The summed E-state index contributed by atoms with van der Waals surface area (Å²) in [6.07, 6.45) is 4.81. The summed E-state index contributed by atoms with van der Waals surface area (Å²) in [4.78, 5) is 2.53. The lowest BCUT2D eigenvalue weighted by Crippen LogP contribution is -2.43. The summed E-state index contributed by atoms with van der Waals surface area (Å²) < 4.78 is 10.4. The van der Waals surface area contributed by atoms with Gasteiger partial charge in [-0.3, -0.25) is 4.90 Å². The minimum Gasteiger partial charge on any atom is -0.382 e. The molecule has 0 spiro atoms. The number of methoxy groups -OCH3 is 1. The van der Waals surface area contributed by atoms with Crippen molar-refractivity contribution in [2.75, 3.05) is 53.1 Å². The number of nitrogens with zero attached hydrogens (tertiary/aromatic N) is 1. The Morgan fingerprint density at radius 1 is 1.21 bits per heavy atom. The molecule has 1 aliphatic heterocycles. The molecule has 0 atom stereocenters. The van der Waals surface area contributed by atoms with Crippen LogP contribution in [-0.2, 0) is 9.47 Å². The first kappa shape index (κ1) is 16.6. The second kappa shape index (κ2) is 10.4. The zero-order valence-corrected chi connectivity index (χ0v) is 12.8. The van der Waals surface area contributed by atoms with Gasteiger partial charge in [0, 0.05) is 26.2 Å². The lowest BCUT2D eigenvalue weighted by molar-refractivity contribution is 0.0698. The van der Waals surface area contributed by atoms with Crippen LogP contribution in [0.15, 0.2) is 11.6 Å². The topological polar surface area (TPSA) is 33.7 Å². The molecule has 0 aromatic heterocycles. The molecule has 19 heavy (non-hydrogen) atoms. The van der Waals surface area contributed by atoms with E-state index in [9.17, 15) is 0 Å². The average molecular weight is 270 g/mol. The molecule has 1 rings (SSSR count). The average Bonchev–Trinajstić information content (AvgIpc) is 2.41. The second-order valence-corrected chi connectivity index (χ2v) is 5.42. The van der Waals surface area contributed by atoms with Crippen molar-refractivity contribution in [3.63, 3.8) is 0 Å². The predicted octanol–water partition coefficient (Wildman–Crippen LogP) is 1.67. The Balaban J connectivity index is 1.99. The number of ether oxygens (including phenoxy) is 2. The van der Waals surface area contributed by atoms with E-state index >= 15 is 0 Å². The maximum Gasteiger partial charge on any atom is 0.0700 e. The van der Waals surface area contributed by atoms with E-state index in [0.717, 1.165) is 19.7 Å². The van der Waals surface area contributed by atoms with Crippen molar-refractivity contribution in [1.29, 1.82) is 0 Å². The third kappa shape index (κ3) is 8.37. The van der Waals surface area contributed by atoms with Gasteiger partial charge in [-0.15, -0.1) is 0 Å². The Morgan fingerprint density at radius 3 is 2.58 bits per heavy atom. The van der Waals surface area contributed by atoms with E-state index in [0.29, 0.717) is 19.3 Å². The summed E-state index contributed by atoms with van der Waals surface area (Å²) in [5, 5.41) is 3.58. The quantitative estimate of drug-likeness (QED) is 0.510. The summed E-state index contributed by atoms with van der Waals surface area (Å²) in [6.45, 7) is 10.9. The molecule has 1 saturated heterocycles. The maximum absolute atomic E-state index is 5.45. The Bertz CT molecular complexity index is 245. The predicted molar refractivity (Wildman–Crippen MR) is 79.6 cm³/mol. The third-order valence-electron chi connectivity index (χ3n) is 3.46. The standard InChI is InChI=1S/C15H30N2O2/c1-14(2)4-8-17-9-5-15(6-10-17)16-7-11-19-13-12-18-3/h4,15-16H,5-13H2,1-3H3. The zero-order chi connectivity index (χ0) is 13.9. The molecule has 0 saturated carbocycles. The van der Waals surface area contributed by atoms with Gasteiger partial charge in [0.1, 0.15) is 0 Å². The van der Waals surface area contributed by atoms with Gasteiger partial charge in [-0.25, -0.2) is 0 Å². The molecule has 0 amide bonds. The fourth-order valence-electron chi connectivity index (χ4n) is 2.21. The van der Waals surface area contributed by atoms with Crippen LogP contribution >= 0.6 is 0 Å². The number of nitrogens with one attached hydrogen (secondary N) is 1. The van der Waals surface area contributed by atoms with Crippen LogP contribution in [0.5, 0.6) is 0 Å². The van der Waals surface area contributed by atoms with E-state index in [-0.39, 0.29) is 0 Å². The van der Waals surface area contributed by atoms with E-state index in [2.05, 4.69) is 30.1 Å². The molecule has 0 aromatic carbocycles. The van der Waals surface area contributed by atoms with Gasteiger partial charge in [-0.2, -0.15) is 0 Å². The molecule has 1 N–H and O–H groups in total. The van der Waals surface area contributed by atoms with Crippen LogP contribution in [0.25, 0.3) is 0 Å². The molecule has 0 radical (unpaired) electrons. The van der Waals surface area contributed by atoms with Gasteiger partial charge in [0.25, 0.3) is 0 Å². The highest BCUT2D eigenvalue weighted by atomic mass is 16.5. The van der Waals surface area contributed by atoms with E-state index in [1.165, 1.54) is 31.5 Å². The fraction of sp³-hybridized carbons (Fsp3) is 0.867. The number of hydrogen-bond acceptors (Lipinski definition) is 4. The van der Waals surface area contributed by atoms with Crippen molar-refractivity contribution in [1.82, 2.24) is 10.2 Å². The number of likely N-dealkylation sites (tertiary alicyclic amines) is 1. The Morgan fingerprint density at radius 2 is 1.95 bits per heavy atom. The van der Waals surface area contributed by atoms with E-state index < -0.39 is 0 Å². The summed E-state index contributed by atoms with van der Waals surface area (Å²) in [6, 6.07) is 0.661. The van der Waals surface area contributed by atoms with Crippen molar-refractivity contribution < 1.29 is 9.47 Å². The van der Waals surface area contributed by atoms with Gasteiger partial charge >= 0.3 is 0 Å². The van der Waals surface area contributed by atoms with Gasteiger partial charge in [0.2, 0.25) is 0 Å². The van der Waals surface area contributed by atoms with Gasteiger partial charge in [0.05, 0.1) is 19.8 Å². The molecule has 1 aliphatic rings. The van der Waals surface area contributed by atoms with Gasteiger partial charge < -0.3 is 14.8 Å². The van der Waals surface area contributed by atoms with Crippen LogP contribution in [0.4, 0.5) is 0 Å². The van der Waals surface area contributed by atoms with Crippen molar-refractivity contribution in [3.8, 4) is 0 Å². The van der Waals surface area contributed by atoms with Crippen LogP contribution in [0.2, 0.25) is 0 Å². The molecule has 0 aromatic rings. The van der Waals surface area contributed by atoms with E-state index in [1.807, 2.05) is 0 Å². The third-order valence-corrected chi connectivity index (χ3v) is 3.46. The van der Waals surface area contributed by atoms with E-state index in [1.54, 1.807) is 7.11 Å². The minimum atomic E-state index is 0.661. The Hall–Kier alpha value is -0.420. The molecule has 4 nitrogen and oxygen atoms in total. The number of hydrogen-bond donors (Lipinski definition) is 1. The molecular weight excluding hydrogens is 240 g/mol. The summed E-state index contributed by atoms with van der Waals surface area (Å²) in [5.41, 5.74) is 1.41. The highest BCUT2D eigenvalue weighted by Crippen LogP contribution is 2.10. The van der Waals surface area contributed by atoms with Crippen LogP contribution in [0, 0.1) is 0 Å². The molecule has 1 fully saturated rings. The minimum absolute atomic E-state index is 0.661. The molecular formula is C15H30N2O2. The lowest BCUT2D eigenvalue weighted by Gasteiger charge is -2.31. The van der Waals surface area contributed by atoms with Gasteiger partial charge in [-0.1, -0.05) is 11.6 Å². The molecule has 4 heteroatoms. The molecule has 112 valence electrons. The normalized spacial score (nSPS) is 17.6. The lowest BCUT2D eigenvalue weighted by atomic mass is 10.1. The van der Waals surface area contributed by atoms with Crippen LogP contribution in [0.3, 0.4) is 0 Å². The first-order valence-corrected chi connectivity index (χ1v) is 7.38. The molecule has 0 aliphatic carbocycles. The monoisotopic (exact) mass is 270 g/mol. The molecule has 1 heterocycles. The molecule has 0 unspecified atom stereocenters. The highest BCUT2D eigenvalue weighted by Gasteiger charge is 2.17. The number of rotatable bonds is 9. The Kier molecular flexibility index (Phi) is 9.08. The van der Waals surface area contributed by atoms with Crippen molar-refractivity contribution in [3.05, 3.63) is 11.6 Å². The molecule has 0 bridgehead atoms. The second-order valence-electron chi connectivity index (χ2n) is 5.42. The number of allylic oxidation sites excluding steroid dienone is 1. The van der Waals surface area contributed by atoms with Gasteiger partial charge in [0.15, 0.2) is 0 Å². The Labute approximate surface area is 118 Å². The SMILES string of the molecule is COCCOCCNC1CCN(CC=C(C)C)CC1. The van der Waals surface area contributed by atoms with E-state index in [4.69, 9.17) is 9.47 Å². The zero-order valence-electron chi connectivity index (χ0n) is 12.8. The highest BCUT2D eigenvalue weighted by molar-refractivity contribution is 4.95. The smallest absolute Gasteiger partial charge is 0.0700 e. The number of piperidine rings is 1. The van der Waals surface area contributed by atoms with Crippen LogP contribution in [-0.4, -0.2) is 64.1 Å². The summed E-state index contributed by atoms with van der Waals surface area (Å²) in [7, 11) is 1.70. The first-order valence-electron chi connectivity index (χ1n) is 7.38. The van der Waals surface area contributed by atoms with Gasteiger partial charge in [-0.05, 0) is 39.8 Å². The fourth-order valence-corrected chi connectivity index (χ4v) is 2.21. The van der Waals surface area contributed by atoms with Crippen LogP contribution < -0.4 is 5.32 Å². The first-order chi connectivity index (χ1) is 9.22. The summed E-state index contributed by atoms with van der Waals surface area (Å²) >= 11 is 0. The summed E-state index contributed by atoms with van der Waals surface area (Å²) in [5.74, 6) is 0. The van der Waals surface area contributed by atoms with Crippen LogP contribution in [0.1, 0.15) is 26.7 Å². The maximum atomic E-state index is 5.45. The largest absolute Gasteiger partial charge is 0.382 e.